The monoisotopic (exact) mass is 472 g/mol. The molecule has 0 heterocycles. The van der Waals surface area contributed by atoms with Gasteiger partial charge in [-0.3, -0.25) is 9.59 Å². The number of ether oxygens (including phenoxy) is 1. The average molecular weight is 473 g/mol. The van der Waals surface area contributed by atoms with E-state index in [1.165, 1.54) is 0 Å². The van der Waals surface area contributed by atoms with Crippen LogP contribution in [0.25, 0.3) is 0 Å². The average Bonchev–Trinajstić information content (AvgIpc) is 2.67. The van der Waals surface area contributed by atoms with Gasteiger partial charge in [0.2, 0.25) is 11.8 Å². The fraction of sp³-hybridized carbons (Fsp3) is 0.923. The van der Waals surface area contributed by atoms with Gasteiger partial charge in [-0.1, -0.05) is 54.4 Å². The van der Waals surface area contributed by atoms with E-state index in [9.17, 15) is 19.8 Å². The molecule has 2 amide bonds. The lowest BCUT2D eigenvalue weighted by Crippen LogP contribution is -2.45. The van der Waals surface area contributed by atoms with Crippen LogP contribution in [0.3, 0.4) is 0 Å². The topological polar surface area (TPSA) is 90.3 Å². The van der Waals surface area contributed by atoms with Crippen molar-refractivity contribution in [1.82, 2.24) is 9.80 Å². The largest absolute Gasteiger partial charge is 0.392 e. The first-order chi connectivity index (χ1) is 15.2. The van der Waals surface area contributed by atoms with E-state index in [0.717, 1.165) is 25.7 Å². The third kappa shape index (κ3) is 15.4. The summed E-state index contributed by atoms with van der Waals surface area (Å²) < 4.78 is 6.10. The summed E-state index contributed by atoms with van der Waals surface area (Å²) in [6.07, 6.45) is 3.47. The Morgan fingerprint density at radius 3 is 1.36 bits per heavy atom. The van der Waals surface area contributed by atoms with Gasteiger partial charge in [-0.05, 0) is 26.7 Å². The SMILES string of the molecule is CCCCC(=O)N(CC(C)O)CC(C)(C)COCC(C)(C)CN(CC(C)O)C(=O)CCCC. The van der Waals surface area contributed by atoms with Gasteiger partial charge in [0.1, 0.15) is 0 Å². The molecule has 7 heteroatoms. The molecule has 0 spiro atoms. The van der Waals surface area contributed by atoms with Gasteiger partial charge >= 0.3 is 0 Å². The predicted molar refractivity (Wildman–Crippen MR) is 134 cm³/mol. The smallest absolute Gasteiger partial charge is 0.222 e. The van der Waals surface area contributed by atoms with Gasteiger partial charge in [0.25, 0.3) is 0 Å². The highest BCUT2D eigenvalue weighted by molar-refractivity contribution is 5.76. The van der Waals surface area contributed by atoms with E-state index in [0.29, 0.717) is 52.2 Å². The Balaban J connectivity index is 4.93. The van der Waals surface area contributed by atoms with Crippen LogP contribution in [0.15, 0.2) is 0 Å². The molecule has 0 rings (SSSR count). The molecule has 0 radical (unpaired) electrons. The summed E-state index contributed by atoms with van der Waals surface area (Å²) >= 11 is 0. The summed E-state index contributed by atoms with van der Waals surface area (Å²) in [5, 5.41) is 19.7. The second-order valence-electron chi connectivity index (χ2n) is 11.3. The molecule has 0 bridgehead atoms. The third-order valence-electron chi connectivity index (χ3n) is 5.39. The van der Waals surface area contributed by atoms with Crippen molar-refractivity contribution in [1.29, 1.82) is 0 Å². The van der Waals surface area contributed by atoms with Gasteiger partial charge in [-0.15, -0.1) is 0 Å². The van der Waals surface area contributed by atoms with Crippen molar-refractivity contribution in [3.63, 3.8) is 0 Å². The Bertz CT molecular complexity index is 513. The maximum atomic E-state index is 12.6. The molecule has 33 heavy (non-hydrogen) atoms. The van der Waals surface area contributed by atoms with E-state index in [1.807, 2.05) is 0 Å². The van der Waals surface area contributed by atoms with Gasteiger partial charge in [-0.2, -0.15) is 0 Å². The summed E-state index contributed by atoms with van der Waals surface area (Å²) in [4.78, 5) is 28.7. The number of hydrogen-bond donors (Lipinski definition) is 2. The Kier molecular flexibility index (Phi) is 15.1. The number of amides is 2. The molecule has 0 aromatic carbocycles. The number of hydrogen-bond acceptors (Lipinski definition) is 5. The third-order valence-corrected chi connectivity index (χ3v) is 5.39. The quantitative estimate of drug-likeness (QED) is 0.316. The van der Waals surface area contributed by atoms with Gasteiger partial charge < -0.3 is 24.7 Å². The van der Waals surface area contributed by atoms with Crippen molar-refractivity contribution in [2.45, 2.75) is 106 Å². The fourth-order valence-corrected chi connectivity index (χ4v) is 3.85. The normalized spacial score (nSPS) is 14.1. The number of aliphatic hydroxyl groups is 2. The van der Waals surface area contributed by atoms with Gasteiger partial charge in [0, 0.05) is 49.9 Å². The number of carbonyl (C=O) groups is 2. The fourth-order valence-electron chi connectivity index (χ4n) is 3.85. The first-order valence-electron chi connectivity index (χ1n) is 12.7. The molecule has 0 fully saturated rings. The molecular weight excluding hydrogens is 420 g/mol. The molecule has 0 saturated heterocycles. The predicted octanol–water partition coefficient (Wildman–Crippen LogP) is 3.85. The molecule has 0 aliphatic carbocycles. The molecule has 2 unspecified atom stereocenters. The van der Waals surface area contributed by atoms with E-state index < -0.39 is 12.2 Å². The van der Waals surface area contributed by atoms with Crippen LogP contribution >= 0.6 is 0 Å². The van der Waals surface area contributed by atoms with E-state index >= 15 is 0 Å². The van der Waals surface area contributed by atoms with Crippen LogP contribution in [-0.4, -0.2) is 83.4 Å². The summed E-state index contributed by atoms with van der Waals surface area (Å²) in [7, 11) is 0. The van der Waals surface area contributed by atoms with Crippen LogP contribution in [0, 0.1) is 10.8 Å². The number of nitrogens with zero attached hydrogens (tertiary/aromatic N) is 2. The van der Waals surface area contributed by atoms with Crippen molar-refractivity contribution in [3.8, 4) is 0 Å². The highest BCUT2D eigenvalue weighted by Gasteiger charge is 2.29. The van der Waals surface area contributed by atoms with Crippen LogP contribution < -0.4 is 0 Å². The molecule has 2 atom stereocenters. The van der Waals surface area contributed by atoms with Crippen molar-refractivity contribution < 1.29 is 24.5 Å². The number of unbranched alkanes of at least 4 members (excludes halogenated alkanes) is 2. The zero-order valence-electron chi connectivity index (χ0n) is 22.7. The minimum atomic E-state index is -0.573. The lowest BCUT2D eigenvalue weighted by atomic mass is 9.91. The Morgan fingerprint density at radius 1 is 0.758 bits per heavy atom. The molecule has 0 aromatic heterocycles. The van der Waals surface area contributed by atoms with Crippen molar-refractivity contribution in [2.24, 2.45) is 10.8 Å². The maximum Gasteiger partial charge on any atom is 0.222 e. The Labute approximate surface area is 202 Å². The van der Waals surface area contributed by atoms with Gasteiger partial charge in [0.05, 0.1) is 25.4 Å². The molecule has 0 saturated carbocycles. The number of aliphatic hydroxyl groups excluding tert-OH is 2. The van der Waals surface area contributed by atoms with Crippen LogP contribution in [0.2, 0.25) is 0 Å². The lowest BCUT2D eigenvalue weighted by Gasteiger charge is -2.36. The summed E-state index contributed by atoms with van der Waals surface area (Å²) in [5.74, 6) is 0.149. The molecule has 2 N–H and O–H groups in total. The highest BCUT2D eigenvalue weighted by atomic mass is 16.5. The van der Waals surface area contributed by atoms with Crippen molar-refractivity contribution in [3.05, 3.63) is 0 Å². The Morgan fingerprint density at radius 2 is 1.09 bits per heavy atom. The maximum absolute atomic E-state index is 12.6. The summed E-state index contributed by atoms with van der Waals surface area (Å²) in [5.41, 5.74) is -0.549. The van der Waals surface area contributed by atoms with Crippen LogP contribution in [0.1, 0.15) is 93.9 Å². The van der Waals surface area contributed by atoms with Gasteiger partial charge in [-0.25, -0.2) is 0 Å². The van der Waals surface area contributed by atoms with Crippen molar-refractivity contribution >= 4 is 11.8 Å². The highest BCUT2D eigenvalue weighted by Crippen LogP contribution is 2.23. The van der Waals surface area contributed by atoms with Crippen LogP contribution in [0.4, 0.5) is 0 Å². The molecule has 7 nitrogen and oxygen atoms in total. The summed E-state index contributed by atoms with van der Waals surface area (Å²) in [6.45, 7) is 18.4. The second-order valence-corrected chi connectivity index (χ2v) is 11.3. The number of carbonyl (C=O) groups excluding carboxylic acids is 2. The van der Waals surface area contributed by atoms with Crippen LogP contribution in [0.5, 0.6) is 0 Å². The molecular formula is C26H52N2O5. The first-order valence-corrected chi connectivity index (χ1v) is 12.7. The van der Waals surface area contributed by atoms with Crippen molar-refractivity contribution in [2.75, 3.05) is 39.4 Å². The Hall–Kier alpha value is -1.18. The minimum absolute atomic E-state index is 0.0745. The number of rotatable bonds is 18. The summed E-state index contributed by atoms with van der Waals surface area (Å²) in [6, 6.07) is 0. The van der Waals surface area contributed by atoms with E-state index in [1.54, 1.807) is 23.6 Å². The first kappa shape index (κ1) is 31.8. The lowest BCUT2D eigenvalue weighted by molar-refractivity contribution is -0.135. The molecule has 0 aliphatic rings. The van der Waals surface area contributed by atoms with Crippen LogP contribution in [-0.2, 0) is 14.3 Å². The molecule has 196 valence electrons. The zero-order valence-corrected chi connectivity index (χ0v) is 22.7. The second kappa shape index (κ2) is 15.7. The minimum Gasteiger partial charge on any atom is -0.392 e. The van der Waals surface area contributed by atoms with Gasteiger partial charge in [0.15, 0.2) is 0 Å². The zero-order chi connectivity index (χ0) is 25.7. The van der Waals surface area contributed by atoms with E-state index in [-0.39, 0.29) is 22.6 Å². The molecule has 0 aliphatic heterocycles. The molecule has 0 aromatic rings. The van der Waals surface area contributed by atoms with E-state index in [2.05, 4.69) is 41.5 Å². The van der Waals surface area contributed by atoms with E-state index in [4.69, 9.17) is 4.74 Å². The standard InChI is InChI=1S/C26H52N2O5/c1-9-11-13-23(31)27(15-21(3)29)17-25(5,6)19-33-20-26(7,8)18-28(16-22(4)30)24(32)14-12-10-2/h21-22,29-30H,9-20H2,1-8H3.